The summed E-state index contributed by atoms with van der Waals surface area (Å²) >= 11 is 0. The standard InChI is InChI=1S/C23H27N3O2/c1-16-4-2-5-18(14-16)22-20-6-3-11-24(20)12-13-25(22)21(27)15-26(19-9-10-19)23(28)17-7-8-17/h2-6,11,14,17,19,22H,7-10,12-13,15H2,1H3. The van der Waals surface area contributed by atoms with E-state index in [2.05, 4.69) is 54.1 Å². The van der Waals surface area contributed by atoms with Crippen molar-refractivity contribution < 1.29 is 9.59 Å². The van der Waals surface area contributed by atoms with Gasteiger partial charge < -0.3 is 14.4 Å². The van der Waals surface area contributed by atoms with Crippen molar-refractivity contribution in [2.75, 3.05) is 13.1 Å². The second-order valence-corrected chi connectivity index (χ2v) is 8.50. The Kier molecular flexibility index (Phi) is 4.26. The first-order chi connectivity index (χ1) is 13.6. The Morgan fingerprint density at radius 1 is 1.07 bits per heavy atom. The molecule has 1 atom stereocenters. The number of amides is 2. The first-order valence-electron chi connectivity index (χ1n) is 10.4. The van der Waals surface area contributed by atoms with Gasteiger partial charge in [-0.1, -0.05) is 29.8 Å². The Morgan fingerprint density at radius 3 is 2.61 bits per heavy atom. The molecule has 28 heavy (non-hydrogen) atoms. The fraction of sp³-hybridized carbons (Fsp3) is 0.478. The minimum Gasteiger partial charge on any atom is -0.348 e. The van der Waals surface area contributed by atoms with Crippen molar-refractivity contribution in [3.05, 3.63) is 59.4 Å². The third kappa shape index (κ3) is 3.23. The molecule has 0 spiro atoms. The number of hydrogen-bond donors (Lipinski definition) is 0. The van der Waals surface area contributed by atoms with E-state index in [1.165, 1.54) is 5.56 Å². The van der Waals surface area contributed by atoms with E-state index in [1.807, 2.05) is 9.80 Å². The molecule has 3 aliphatic rings. The third-order valence-corrected chi connectivity index (χ3v) is 6.22. The molecule has 1 aliphatic heterocycles. The molecule has 1 unspecified atom stereocenters. The number of aryl methyl sites for hydroxylation is 1. The molecule has 5 nitrogen and oxygen atoms in total. The van der Waals surface area contributed by atoms with Gasteiger partial charge in [-0.2, -0.15) is 0 Å². The van der Waals surface area contributed by atoms with Gasteiger partial charge in [-0.25, -0.2) is 0 Å². The Bertz CT molecular complexity index is 910. The average molecular weight is 377 g/mol. The van der Waals surface area contributed by atoms with Gasteiger partial charge in [0.1, 0.15) is 6.54 Å². The molecule has 2 fully saturated rings. The number of fused-ring (bicyclic) bond motifs is 1. The van der Waals surface area contributed by atoms with Crippen molar-refractivity contribution >= 4 is 11.8 Å². The van der Waals surface area contributed by atoms with E-state index >= 15 is 0 Å². The Balaban J connectivity index is 1.43. The van der Waals surface area contributed by atoms with Crippen LogP contribution in [0.4, 0.5) is 0 Å². The van der Waals surface area contributed by atoms with Crippen molar-refractivity contribution in [3.63, 3.8) is 0 Å². The van der Waals surface area contributed by atoms with E-state index < -0.39 is 0 Å². The summed E-state index contributed by atoms with van der Waals surface area (Å²) in [6.07, 6.45) is 6.14. The second kappa shape index (κ2) is 6.80. The molecule has 0 bridgehead atoms. The van der Waals surface area contributed by atoms with Gasteiger partial charge in [0.25, 0.3) is 0 Å². The largest absolute Gasteiger partial charge is 0.348 e. The van der Waals surface area contributed by atoms with Crippen LogP contribution >= 0.6 is 0 Å². The van der Waals surface area contributed by atoms with Gasteiger partial charge in [0.2, 0.25) is 11.8 Å². The van der Waals surface area contributed by atoms with Crippen LogP contribution in [0.25, 0.3) is 0 Å². The summed E-state index contributed by atoms with van der Waals surface area (Å²) in [5, 5.41) is 0. The first-order valence-corrected chi connectivity index (χ1v) is 10.4. The minimum absolute atomic E-state index is 0.0693. The van der Waals surface area contributed by atoms with Crippen LogP contribution < -0.4 is 0 Å². The fourth-order valence-corrected chi connectivity index (χ4v) is 4.42. The quantitative estimate of drug-likeness (QED) is 0.804. The number of aromatic nitrogens is 1. The summed E-state index contributed by atoms with van der Waals surface area (Å²) < 4.78 is 2.24. The zero-order chi connectivity index (χ0) is 19.3. The van der Waals surface area contributed by atoms with Crippen LogP contribution in [0.3, 0.4) is 0 Å². The normalized spacial score (nSPS) is 21.3. The summed E-state index contributed by atoms with van der Waals surface area (Å²) in [5.74, 6) is 0.433. The summed E-state index contributed by atoms with van der Waals surface area (Å²) in [5.41, 5.74) is 3.48. The highest BCUT2D eigenvalue weighted by Crippen LogP contribution is 2.37. The zero-order valence-electron chi connectivity index (χ0n) is 16.4. The lowest BCUT2D eigenvalue weighted by molar-refractivity contribution is -0.143. The summed E-state index contributed by atoms with van der Waals surface area (Å²) in [7, 11) is 0. The van der Waals surface area contributed by atoms with Crippen molar-refractivity contribution in [1.29, 1.82) is 0 Å². The molecular weight excluding hydrogens is 350 g/mol. The van der Waals surface area contributed by atoms with Crippen LogP contribution in [0.2, 0.25) is 0 Å². The Labute approximate surface area is 165 Å². The molecule has 2 aromatic rings. The van der Waals surface area contributed by atoms with E-state index in [0.717, 1.165) is 43.5 Å². The van der Waals surface area contributed by atoms with E-state index in [1.54, 1.807) is 0 Å². The predicted octanol–water partition coefficient (Wildman–Crippen LogP) is 3.13. The van der Waals surface area contributed by atoms with Gasteiger partial charge in [0.15, 0.2) is 0 Å². The molecule has 5 heteroatoms. The molecule has 1 aromatic heterocycles. The van der Waals surface area contributed by atoms with Crippen LogP contribution in [0.15, 0.2) is 42.6 Å². The van der Waals surface area contributed by atoms with Crippen molar-refractivity contribution in [2.24, 2.45) is 5.92 Å². The number of hydrogen-bond acceptors (Lipinski definition) is 2. The van der Waals surface area contributed by atoms with Crippen LogP contribution in [0.1, 0.15) is 48.5 Å². The molecule has 0 radical (unpaired) electrons. The van der Waals surface area contributed by atoms with E-state index in [0.29, 0.717) is 6.54 Å². The first kappa shape index (κ1) is 17.5. The van der Waals surface area contributed by atoms with Crippen LogP contribution in [-0.4, -0.2) is 45.3 Å². The van der Waals surface area contributed by atoms with Crippen LogP contribution in [0.5, 0.6) is 0 Å². The molecule has 1 aromatic carbocycles. The maximum Gasteiger partial charge on any atom is 0.243 e. The molecule has 2 heterocycles. The Morgan fingerprint density at radius 2 is 1.89 bits per heavy atom. The molecule has 2 aliphatic carbocycles. The van der Waals surface area contributed by atoms with Gasteiger partial charge in [-0.3, -0.25) is 9.59 Å². The van der Waals surface area contributed by atoms with Gasteiger partial charge >= 0.3 is 0 Å². The zero-order valence-corrected chi connectivity index (χ0v) is 16.4. The lowest BCUT2D eigenvalue weighted by atomic mass is 9.98. The minimum atomic E-state index is -0.0896. The maximum atomic E-state index is 13.4. The van der Waals surface area contributed by atoms with Crippen molar-refractivity contribution in [2.45, 2.75) is 51.2 Å². The average Bonchev–Trinajstić information content (AvgIpc) is 3.61. The number of carbonyl (C=O) groups is 2. The number of nitrogens with zero attached hydrogens (tertiary/aromatic N) is 3. The summed E-state index contributed by atoms with van der Waals surface area (Å²) in [6.45, 7) is 3.79. The summed E-state index contributed by atoms with van der Waals surface area (Å²) in [6, 6.07) is 12.8. The van der Waals surface area contributed by atoms with Gasteiger partial charge in [0.05, 0.1) is 6.04 Å². The van der Waals surface area contributed by atoms with Gasteiger partial charge in [0, 0.05) is 36.9 Å². The van der Waals surface area contributed by atoms with Crippen molar-refractivity contribution in [1.82, 2.24) is 14.4 Å². The lowest BCUT2D eigenvalue weighted by Gasteiger charge is -2.38. The number of benzene rings is 1. The highest BCUT2D eigenvalue weighted by molar-refractivity contribution is 5.88. The molecule has 146 valence electrons. The summed E-state index contributed by atoms with van der Waals surface area (Å²) in [4.78, 5) is 30.0. The smallest absolute Gasteiger partial charge is 0.243 e. The van der Waals surface area contributed by atoms with Gasteiger partial charge in [-0.15, -0.1) is 0 Å². The van der Waals surface area contributed by atoms with E-state index in [-0.39, 0.29) is 36.4 Å². The van der Waals surface area contributed by atoms with E-state index in [4.69, 9.17) is 0 Å². The second-order valence-electron chi connectivity index (χ2n) is 8.50. The molecule has 2 saturated carbocycles. The number of rotatable bonds is 5. The number of carbonyl (C=O) groups excluding carboxylic acids is 2. The predicted molar refractivity (Wildman–Crippen MR) is 107 cm³/mol. The highest BCUT2D eigenvalue weighted by atomic mass is 16.2. The third-order valence-electron chi connectivity index (χ3n) is 6.22. The monoisotopic (exact) mass is 377 g/mol. The van der Waals surface area contributed by atoms with Crippen LogP contribution in [0, 0.1) is 12.8 Å². The van der Waals surface area contributed by atoms with Gasteiger partial charge in [-0.05, 0) is 50.3 Å². The Hall–Kier alpha value is -2.56. The van der Waals surface area contributed by atoms with Crippen molar-refractivity contribution in [3.8, 4) is 0 Å². The molecular formula is C23H27N3O2. The fourth-order valence-electron chi connectivity index (χ4n) is 4.42. The highest BCUT2D eigenvalue weighted by Gasteiger charge is 2.42. The maximum absolute atomic E-state index is 13.4. The molecule has 2 amide bonds. The molecule has 0 saturated heterocycles. The van der Waals surface area contributed by atoms with Crippen LogP contribution in [-0.2, 0) is 16.1 Å². The molecule has 0 N–H and O–H groups in total. The lowest BCUT2D eigenvalue weighted by Crippen LogP contribution is -2.48. The SMILES string of the molecule is Cc1cccc(C2c3cccn3CCN2C(=O)CN(C(=O)C2CC2)C2CC2)c1. The van der Waals surface area contributed by atoms with E-state index in [9.17, 15) is 9.59 Å². The molecule has 5 rings (SSSR count). The topological polar surface area (TPSA) is 45.6 Å².